The fourth-order valence-corrected chi connectivity index (χ4v) is 3.30. The number of benzene rings is 1. The minimum Gasteiger partial charge on any atom is -0.507 e. The van der Waals surface area contributed by atoms with Crippen molar-refractivity contribution in [1.82, 2.24) is 4.90 Å². The van der Waals surface area contributed by atoms with E-state index in [0.29, 0.717) is 11.8 Å². The third kappa shape index (κ3) is 3.11. The zero-order chi connectivity index (χ0) is 13.8. The molecule has 2 rings (SSSR count). The molecule has 0 spiro atoms. The Kier molecular flexibility index (Phi) is 4.87. The van der Waals surface area contributed by atoms with Crippen molar-refractivity contribution in [3.8, 4) is 5.75 Å². The molecule has 1 aromatic carbocycles. The van der Waals surface area contributed by atoms with Crippen LogP contribution in [0.2, 0.25) is 0 Å². The Bertz CT molecular complexity index is 422. The number of aromatic hydroxyl groups is 1. The van der Waals surface area contributed by atoms with Crippen LogP contribution in [0.1, 0.15) is 49.8 Å². The van der Waals surface area contributed by atoms with E-state index in [9.17, 15) is 5.11 Å². The van der Waals surface area contributed by atoms with E-state index in [0.717, 1.165) is 18.4 Å². The van der Waals surface area contributed by atoms with Crippen LogP contribution >= 0.6 is 0 Å². The number of phenolic OH excluding ortho intramolecular Hbond substituents is 1. The molecule has 0 saturated carbocycles. The molecule has 0 bridgehead atoms. The molecule has 0 heterocycles. The maximum absolute atomic E-state index is 10.2. The van der Waals surface area contributed by atoms with Crippen LogP contribution in [-0.2, 0) is 12.8 Å². The highest BCUT2D eigenvalue weighted by atomic mass is 16.3. The monoisotopic (exact) mass is 261 g/mol. The molecule has 0 saturated heterocycles. The fourth-order valence-electron chi connectivity index (χ4n) is 3.30. The van der Waals surface area contributed by atoms with Gasteiger partial charge in [0.2, 0.25) is 0 Å². The van der Waals surface area contributed by atoms with Crippen molar-refractivity contribution in [3.05, 3.63) is 28.8 Å². The van der Waals surface area contributed by atoms with Crippen LogP contribution < -0.4 is 0 Å². The maximum atomic E-state index is 10.2. The molecular formula is C17H27NO. The standard InChI is InChI=1S/C17H27NO/c1-4-10-18(11-5-2)15-8-9-16-14(12-15)7-6-13(3)17(16)19/h6-7,15,19H,4-5,8-12H2,1-3H3/t15-/m1/s1. The summed E-state index contributed by atoms with van der Waals surface area (Å²) in [7, 11) is 0. The van der Waals surface area contributed by atoms with Gasteiger partial charge in [-0.05, 0) is 68.8 Å². The Morgan fingerprint density at radius 1 is 1.21 bits per heavy atom. The summed E-state index contributed by atoms with van der Waals surface area (Å²) in [5.41, 5.74) is 3.57. The lowest BCUT2D eigenvalue weighted by atomic mass is 9.85. The smallest absolute Gasteiger partial charge is 0.121 e. The number of hydrogen-bond donors (Lipinski definition) is 1. The van der Waals surface area contributed by atoms with E-state index in [4.69, 9.17) is 0 Å². The van der Waals surface area contributed by atoms with Gasteiger partial charge in [-0.1, -0.05) is 26.0 Å². The Morgan fingerprint density at radius 2 is 1.89 bits per heavy atom. The van der Waals surface area contributed by atoms with E-state index in [1.165, 1.54) is 43.5 Å². The molecule has 0 radical (unpaired) electrons. The summed E-state index contributed by atoms with van der Waals surface area (Å²) in [6, 6.07) is 4.93. The van der Waals surface area contributed by atoms with Gasteiger partial charge in [-0.15, -0.1) is 0 Å². The van der Waals surface area contributed by atoms with Gasteiger partial charge in [-0.25, -0.2) is 0 Å². The second-order valence-electron chi connectivity index (χ2n) is 5.80. The van der Waals surface area contributed by atoms with Gasteiger partial charge in [-0.2, -0.15) is 0 Å². The first-order valence-electron chi connectivity index (χ1n) is 7.71. The van der Waals surface area contributed by atoms with Gasteiger partial charge >= 0.3 is 0 Å². The first-order valence-corrected chi connectivity index (χ1v) is 7.71. The summed E-state index contributed by atoms with van der Waals surface area (Å²) in [6.07, 6.45) is 5.76. The van der Waals surface area contributed by atoms with Gasteiger partial charge in [0.15, 0.2) is 0 Å². The van der Waals surface area contributed by atoms with E-state index >= 15 is 0 Å². The van der Waals surface area contributed by atoms with Gasteiger partial charge < -0.3 is 10.0 Å². The lowest BCUT2D eigenvalue weighted by Gasteiger charge is -2.35. The summed E-state index contributed by atoms with van der Waals surface area (Å²) >= 11 is 0. The van der Waals surface area contributed by atoms with Gasteiger partial charge in [0.1, 0.15) is 5.75 Å². The molecule has 2 heteroatoms. The SMILES string of the molecule is CCCN(CCC)[C@@H]1CCc2c(ccc(C)c2O)C1. The molecule has 1 N–H and O–H groups in total. The normalized spacial score (nSPS) is 18.6. The average molecular weight is 261 g/mol. The maximum Gasteiger partial charge on any atom is 0.121 e. The van der Waals surface area contributed by atoms with Crippen molar-refractivity contribution in [2.45, 2.75) is 58.9 Å². The van der Waals surface area contributed by atoms with Crippen molar-refractivity contribution in [2.75, 3.05) is 13.1 Å². The third-order valence-electron chi connectivity index (χ3n) is 4.30. The van der Waals surface area contributed by atoms with E-state index in [2.05, 4.69) is 30.9 Å². The van der Waals surface area contributed by atoms with Crippen molar-refractivity contribution >= 4 is 0 Å². The lowest BCUT2D eigenvalue weighted by Crippen LogP contribution is -2.40. The number of fused-ring (bicyclic) bond motifs is 1. The van der Waals surface area contributed by atoms with E-state index in [-0.39, 0.29) is 0 Å². The Morgan fingerprint density at radius 3 is 2.53 bits per heavy atom. The van der Waals surface area contributed by atoms with Crippen molar-refractivity contribution in [2.24, 2.45) is 0 Å². The summed E-state index contributed by atoms with van der Waals surface area (Å²) < 4.78 is 0. The second kappa shape index (κ2) is 6.42. The van der Waals surface area contributed by atoms with E-state index in [1.807, 2.05) is 6.92 Å². The van der Waals surface area contributed by atoms with Crippen LogP contribution in [0.25, 0.3) is 0 Å². The van der Waals surface area contributed by atoms with Crippen molar-refractivity contribution < 1.29 is 5.11 Å². The molecule has 1 atom stereocenters. The zero-order valence-corrected chi connectivity index (χ0v) is 12.6. The minimum atomic E-state index is 0.536. The van der Waals surface area contributed by atoms with Crippen molar-refractivity contribution in [3.63, 3.8) is 0 Å². The number of rotatable bonds is 5. The predicted molar refractivity (Wildman–Crippen MR) is 80.8 cm³/mol. The molecule has 106 valence electrons. The quantitative estimate of drug-likeness (QED) is 0.874. The third-order valence-corrected chi connectivity index (χ3v) is 4.30. The largest absolute Gasteiger partial charge is 0.507 e. The highest BCUT2D eigenvalue weighted by molar-refractivity contribution is 5.46. The molecule has 0 aliphatic heterocycles. The van der Waals surface area contributed by atoms with Gasteiger partial charge in [0, 0.05) is 6.04 Å². The fraction of sp³-hybridized carbons (Fsp3) is 0.647. The molecule has 1 aromatic rings. The topological polar surface area (TPSA) is 23.5 Å². The van der Waals surface area contributed by atoms with Crippen LogP contribution in [0.4, 0.5) is 0 Å². The average Bonchev–Trinajstić information content (AvgIpc) is 2.42. The molecule has 19 heavy (non-hydrogen) atoms. The first-order chi connectivity index (χ1) is 9.17. The summed E-state index contributed by atoms with van der Waals surface area (Å²) in [5.74, 6) is 0.536. The van der Waals surface area contributed by atoms with Crippen LogP contribution in [0.5, 0.6) is 5.75 Å². The van der Waals surface area contributed by atoms with Crippen LogP contribution in [0.15, 0.2) is 12.1 Å². The summed E-state index contributed by atoms with van der Waals surface area (Å²) in [4.78, 5) is 2.64. The molecule has 0 aromatic heterocycles. The predicted octanol–water partition coefficient (Wildman–Crippen LogP) is 3.68. The number of hydrogen-bond acceptors (Lipinski definition) is 2. The van der Waals surface area contributed by atoms with Crippen LogP contribution in [0.3, 0.4) is 0 Å². The molecule has 1 aliphatic rings. The minimum absolute atomic E-state index is 0.536. The summed E-state index contributed by atoms with van der Waals surface area (Å²) in [6.45, 7) is 8.91. The van der Waals surface area contributed by atoms with Crippen LogP contribution in [0, 0.1) is 6.92 Å². The molecule has 0 fully saturated rings. The van der Waals surface area contributed by atoms with Crippen LogP contribution in [-0.4, -0.2) is 29.1 Å². The highest BCUT2D eigenvalue weighted by Crippen LogP contribution is 2.33. The Labute approximate surface area is 117 Å². The molecule has 0 unspecified atom stereocenters. The van der Waals surface area contributed by atoms with Gasteiger partial charge in [-0.3, -0.25) is 0 Å². The molecule has 2 nitrogen and oxygen atoms in total. The van der Waals surface area contributed by atoms with E-state index in [1.54, 1.807) is 0 Å². The Balaban J connectivity index is 2.15. The van der Waals surface area contributed by atoms with Gasteiger partial charge in [0.25, 0.3) is 0 Å². The van der Waals surface area contributed by atoms with Crippen molar-refractivity contribution in [1.29, 1.82) is 0 Å². The molecule has 0 amide bonds. The highest BCUT2D eigenvalue weighted by Gasteiger charge is 2.25. The van der Waals surface area contributed by atoms with Gasteiger partial charge in [0.05, 0.1) is 0 Å². The lowest BCUT2D eigenvalue weighted by molar-refractivity contribution is 0.179. The molecular weight excluding hydrogens is 234 g/mol. The molecule has 1 aliphatic carbocycles. The second-order valence-corrected chi connectivity index (χ2v) is 5.80. The summed E-state index contributed by atoms with van der Waals surface area (Å²) in [5, 5.41) is 10.2. The van der Waals surface area contributed by atoms with E-state index < -0.39 is 0 Å². The Hall–Kier alpha value is -1.02. The zero-order valence-electron chi connectivity index (χ0n) is 12.6. The number of aryl methyl sites for hydroxylation is 1. The number of nitrogens with zero attached hydrogens (tertiary/aromatic N) is 1. The number of phenols is 1. The first kappa shape index (κ1) is 14.4.